The van der Waals surface area contributed by atoms with Gasteiger partial charge in [0, 0.05) is 5.56 Å². The molecule has 1 aromatic rings. The zero-order valence-electron chi connectivity index (χ0n) is 9.76. The predicted octanol–water partition coefficient (Wildman–Crippen LogP) is 1.51. The summed E-state index contributed by atoms with van der Waals surface area (Å²) in [4.78, 5) is 0. The van der Waals surface area contributed by atoms with Crippen molar-refractivity contribution >= 4 is 15.8 Å². The van der Waals surface area contributed by atoms with E-state index in [0.29, 0.717) is 5.56 Å². The highest BCUT2D eigenvalue weighted by atomic mass is 32.2. The van der Waals surface area contributed by atoms with E-state index in [4.69, 9.17) is 5.26 Å². The van der Waals surface area contributed by atoms with Crippen molar-refractivity contribution in [1.82, 2.24) is 0 Å². The van der Waals surface area contributed by atoms with Gasteiger partial charge in [0.1, 0.15) is 6.07 Å². The summed E-state index contributed by atoms with van der Waals surface area (Å²) in [6, 6.07) is 7.07. The minimum absolute atomic E-state index is 0.0708. The zero-order valence-corrected chi connectivity index (χ0v) is 10.6. The number of oxime groups is 1. The molecule has 0 N–H and O–H groups in total. The van der Waals surface area contributed by atoms with Gasteiger partial charge in [-0.15, -0.1) is 0 Å². The van der Waals surface area contributed by atoms with E-state index in [0.717, 1.165) is 17.4 Å². The Balaban J connectivity index is 3.11. The highest BCUT2D eigenvalue weighted by Crippen LogP contribution is 2.11. The van der Waals surface area contributed by atoms with Gasteiger partial charge >= 0.3 is 10.1 Å². The summed E-state index contributed by atoms with van der Waals surface area (Å²) in [7, 11) is -3.69. The molecular formula is C11H12N2O3S. The molecule has 6 heteroatoms. The largest absolute Gasteiger partial charge is 0.325 e. The molecule has 0 aromatic heterocycles. The summed E-state index contributed by atoms with van der Waals surface area (Å²) in [5, 5.41) is 12.2. The van der Waals surface area contributed by atoms with Crippen molar-refractivity contribution in [2.75, 3.05) is 6.26 Å². The third kappa shape index (κ3) is 3.89. The normalized spacial score (nSPS) is 12.0. The maximum Gasteiger partial charge on any atom is 0.325 e. The first kappa shape index (κ1) is 13.2. The minimum Gasteiger partial charge on any atom is -0.267 e. The molecule has 0 heterocycles. The molecule has 0 aliphatic carbocycles. The summed E-state index contributed by atoms with van der Waals surface area (Å²) < 4.78 is 25.8. The molecule has 0 aliphatic heterocycles. The van der Waals surface area contributed by atoms with Crippen LogP contribution in [0.4, 0.5) is 0 Å². The molecule has 0 unspecified atom stereocenters. The van der Waals surface area contributed by atoms with E-state index in [2.05, 4.69) is 9.44 Å². The van der Waals surface area contributed by atoms with Gasteiger partial charge in [0.05, 0.1) is 6.26 Å². The van der Waals surface area contributed by atoms with E-state index in [9.17, 15) is 8.42 Å². The molecule has 0 radical (unpaired) electrons. The first-order chi connectivity index (χ1) is 7.83. The Hall–Kier alpha value is -1.87. The molecule has 5 nitrogen and oxygen atoms in total. The Labute approximate surface area is 100 Å². The van der Waals surface area contributed by atoms with Crippen molar-refractivity contribution in [2.45, 2.75) is 13.8 Å². The van der Waals surface area contributed by atoms with Crippen molar-refractivity contribution in [3.05, 3.63) is 34.9 Å². The summed E-state index contributed by atoms with van der Waals surface area (Å²) in [5.41, 5.74) is 2.53. The van der Waals surface area contributed by atoms with Crippen LogP contribution in [0.15, 0.2) is 23.4 Å². The van der Waals surface area contributed by atoms with Crippen molar-refractivity contribution in [3.63, 3.8) is 0 Å². The molecule has 0 atom stereocenters. The topological polar surface area (TPSA) is 79.5 Å². The number of aryl methyl sites for hydroxylation is 2. The Morgan fingerprint density at radius 2 is 2.00 bits per heavy atom. The fraction of sp³-hybridized carbons (Fsp3) is 0.273. The van der Waals surface area contributed by atoms with Crippen LogP contribution in [0.3, 0.4) is 0 Å². The van der Waals surface area contributed by atoms with Gasteiger partial charge < -0.3 is 0 Å². The maximum atomic E-state index is 10.8. The van der Waals surface area contributed by atoms with E-state index in [-0.39, 0.29) is 5.71 Å². The molecule has 0 saturated heterocycles. The highest BCUT2D eigenvalue weighted by molar-refractivity contribution is 7.85. The van der Waals surface area contributed by atoms with Gasteiger partial charge in [-0.3, -0.25) is 4.28 Å². The van der Waals surface area contributed by atoms with Crippen LogP contribution in [0.5, 0.6) is 0 Å². The SMILES string of the molecule is Cc1ccc(/C(C#N)=N/OS(C)(=O)=O)cc1C. The van der Waals surface area contributed by atoms with Gasteiger partial charge in [0.25, 0.3) is 0 Å². The number of hydrogen-bond donors (Lipinski definition) is 0. The lowest BCUT2D eigenvalue weighted by Crippen LogP contribution is -2.03. The van der Waals surface area contributed by atoms with Crippen LogP contribution in [0, 0.1) is 25.2 Å². The maximum absolute atomic E-state index is 10.8. The third-order valence-electron chi connectivity index (χ3n) is 2.15. The Kier molecular flexibility index (Phi) is 3.86. The minimum atomic E-state index is -3.69. The van der Waals surface area contributed by atoms with Crippen LogP contribution in [-0.2, 0) is 14.4 Å². The lowest BCUT2D eigenvalue weighted by molar-refractivity contribution is 0.344. The lowest BCUT2D eigenvalue weighted by atomic mass is 10.0. The van der Waals surface area contributed by atoms with Crippen molar-refractivity contribution in [3.8, 4) is 6.07 Å². The smallest absolute Gasteiger partial charge is 0.267 e. The number of benzene rings is 1. The molecule has 17 heavy (non-hydrogen) atoms. The van der Waals surface area contributed by atoms with Crippen LogP contribution in [-0.4, -0.2) is 20.4 Å². The molecule has 0 spiro atoms. The standard InChI is InChI=1S/C11H12N2O3S/c1-8-4-5-10(6-9(8)2)11(7-12)13-16-17(3,14)15/h4-6H,1-3H3/b13-11+. The van der Waals surface area contributed by atoms with Gasteiger partial charge in [-0.25, -0.2) is 0 Å². The van der Waals surface area contributed by atoms with Gasteiger partial charge in [-0.05, 0) is 31.0 Å². The van der Waals surface area contributed by atoms with Gasteiger partial charge in [0.2, 0.25) is 0 Å². The quantitative estimate of drug-likeness (QED) is 0.603. The van der Waals surface area contributed by atoms with Crippen LogP contribution in [0.1, 0.15) is 16.7 Å². The monoisotopic (exact) mass is 252 g/mol. The summed E-state index contributed by atoms with van der Waals surface area (Å²) in [5.74, 6) is 0. The highest BCUT2D eigenvalue weighted by Gasteiger charge is 2.07. The Bertz CT molecular complexity index is 598. The van der Waals surface area contributed by atoms with Crippen LogP contribution < -0.4 is 0 Å². The summed E-state index contributed by atoms with van der Waals surface area (Å²) >= 11 is 0. The summed E-state index contributed by atoms with van der Waals surface area (Å²) in [6.07, 6.45) is 0.867. The molecule has 0 saturated carbocycles. The van der Waals surface area contributed by atoms with E-state index >= 15 is 0 Å². The molecular weight excluding hydrogens is 240 g/mol. The molecule has 1 aromatic carbocycles. The average Bonchev–Trinajstić information content (AvgIpc) is 2.22. The third-order valence-corrected chi connectivity index (χ3v) is 2.50. The van der Waals surface area contributed by atoms with Crippen molar-refractivity contribution in [1.29, 1.82) is 5.26 Å². The van der Waals surface area contributed by atoms with E-state index < -0.39 is 10.1 Å². The Morgan fingerprint density at radius 3 is 2.47 bits per heavy atom. The Morgan fingerprint density at radius 1 is 1.35 bits per heavy atom. The second-order valence-corrected chi connectivity index (χ2v) is 5.19. The lowest BCUT2D eigenvalue weighted by Gasteiger charge is -2.02. The van der Waals surface area contributed by atoms with E-state index in [1.54, 1.807) is 18.2 Å². The second kappa shape index (κ2) is 4.97. The van der Waals surface area contributed by atoms with Crippen molar-refractivity contribution < 1.29 is 12.7 Å². The molecule has 0 amide bonds. The summed E-state index contributed by atoms with van der Waals surface area (Å²) in [6.45, 7) is 3.83. The predicted molar refractivity (Wildman–Crippen MR) is 64.0 cm³/mol. The first-order valence-electron chi connectivity index (χ1n) is 4.78. The second-order valence-electron chi connectivity index (χ2n) is 3.63. The van der Waals surface area contributed by atoms with E-state index in [1.165, 1.54) is 0 Å². The van der Waals surface area contributed by atoms with E-state index in [1.807, 2.05) is 19.9 Å². The van der Waals surface area contributed by atoms with Gasteiger partial charge in [0.15, 0.2) is 5.71 Å². The van der Waals surface area contributed by atoms with Gasteiger partial charge in [-0.2, -0.15) is 13.7 Å². The molecule has 0 bridgehead atoms. The number of nitriles is 1. The van der Waals surface area contributed by atoms with Crippen LogP contribution in [0.25, 0.3) is 0 Å². The van der Waals surface area contributed by atoms with Gasteiger partial charge in [-0.1, -0.05) is 17.3 Å². The van der Waals surface area contributed by atoms with Crippen molar-refractivity contribution in [2.24, 2.45) is 5.16 Å². The molecule has 0 aliphatic rings. The molecule has 1 rings (SSSR count). The molecule has 90 valence electrons. The number of hydrogen-bond acceptors (Lipinski definition) is 5. The fourth-order valence-corrected chi connectivity index (χ4v) is 1.34. The average molecular weight is 252 g/mol. The number of rotatable bonds is 3. The van der Waals surface area contributed by atoms with Crippen LogP contribution >= 0.6 is 0 Å². The van der Waals surface area contributed by atoms with Crippen LogP contribution in [0.2, 0.25) is 0 Å². The fourth-order valence-electron chi connectivity index (χ4n) is 1.13. The molecule has 0 fully saturated rings. The first-order valence-corrected chi connectivity index (χ1v) is 6.59. The zero-order chi connectivity index (χ0) is 13.1. The number of nitrogens with zero attached hydrogens (tertiary/aromatic N) is 2.